The molecular weight excluding hydrogens is 340 g/mol. The number of fused-ring (bicyclic) bond motifs is 1. The van der Waals surface area contributed by atoms with Gasteiger partial charge < -0.3 is 14.4 Å². The molecule has 2 aromatic rings. The molecule has 0 spiro atoms. The highest BCUT2D eigenvalue weighted by Gasteiger charge is 2.24. The fraction of sp³-hybridized carbons (Fsp3) is 0.263. The zero-order chi connectivity index (χ0) is 18.0. The zero-order valence-electron chi connectivity index (χ0n) is 14.0. The van der Waals surface area contributed by atoms with E-state index in [1.54, 1.807) is 29.2 Å². The van der Waals surface area contributed by atoms with Crippen LogP contribution in [0.15, 0.2) is 36.4 Å². The van der Waals surface area contributed by atoms with Gasteiger partial charge >= 0.3 is 0 Å². The molecule has 25 heavy (non-hydrogen) atoms. The predicted molar refractivity (Wildman–Crippen MR) is 93.7 cm³/mol. The molecule has 0 unspecified atom stereocenters. The second-order valence-corrected chi connectivity index (χ2v) is 6.43. The minimum atomic E-state index is -0.139. The van der Waals surface area contributed by atoms with Crippen molar-refractivity contribution >= 4 is 17.5 Å². The summed E-state index contributed by atoms with van der Waals surface area (Å²) in [5.74, 6) is 0.818. The third-order valence-electron chi connectivity index (χ3n) is 3.99. The Morgan fingerprint density at radius 3 is 2.64 bits per heavy atom. The Hall–Kier alpha value is -2.71. The average molecular weight is 357 g/mol. The standard InChI is InChI=1S/C19H17ClN2O3/c1-12(2)22(10-14-5-3-13(9-21)4-6-14)19(23)15-7-16(20)18-17(8-15)24-11-25-18/h3-8,12H,10-11H2,1-2H3. The summed E-state index contributed by atoms with van der Waals surface area (Å²) in [4.78, 5) is 14.7. The summed E-state index contributed by atoms with van der Waals surface area (Å²) in [7, 11) is 0. The van der Waals surface area contributed by atoms with E-state index in [2.05, 4.69) is 6.07 Å². The molecule has 128 valence electrons. The number of ether oxygens (including phenoxy) is 2. The van der Waals surface area contributed by atoms with Gasteiger partial charge in [0, 0.05) is 18.2 Å². The molecule has 1 aliphatic rings. The van der Waals surface area contributed by atoms with Gasteiger partial charge in [0.1, 0.15) is 0 Å². The average Bonchev–Trinajstić information content (AvgIpc) is 3.08. The van der Waals surface area contributed by atoms with E-state index in [0.717, 1.165) is 5.56 Å². The van der Waals surface area contributed by atoms with Crippen molar-refractivity contribution in [3.63, 3.8) is 0 Å². The number of nitrogens with zero attached hydrogens (tertiary/aromatic N) is 2. The number of carbonyl (C=O) groups is 1. The highest BCUT2D eigenvalue weighted by atomic mass is 35.5. The molecule has 0 atom stereocenters. The molecule has 1 amide bonds. The van der Waals surface area contributed by atoms with Crippen LogP contribution >= 0.6 is 11.6 Å². The quantitative estimate of drug-likeness (QED) is 0.830. The number of carbonyl (C=O) groups excluding carboxylic acids is 1. The second kappa shape index (κ2) is 7.04. The first kappa shape index (κ1) is 17.1. The lowest BCUT2D eigenvalue weighted by molar-refractivity contribution is 0.0690. The third-order valence-corrected chi connectivity index (χ3v) is 4.28. The van der Waals surface area contributed by atoms with E-state index in [1.807, 2.05) is 26.0 Å². The summed E-state index contributed by atoms with van der Waals surface area (Å²) in [6.07, 6.45) is 0. The molecular formula is C19H17ClN2O3. The minimum Gasteiger partial charge on any atom is -0.454 e. The first-order valence-corrected chi connectivity index (χ1v) is 8.26. The molecule has 0 bridgehead atoms. The van der Waals surface area contributed by atoms with Crippen molar-refractivity contribution in [1.82, 2.24) is 4.90 Å². The summed E-state index contributed by atoms with van der Waals surface area (Å²) in [6, 6.07) is 12.5. The molecule has 1 aliphatic heterocycles. The number of amides is 1. The number of nitriles is 1. The molecule has 0 aliphatic carbocycles. The van der Waals surface area contributed by atoms with Crippen LogP contribution in [0.1, 0.15) is 35.3 Å². The molecule has 3 rings (SSSR count). The molecule has 6 heteroatoms. The van der Waals surface area contributed by atoms with Gasteiger partial charge in [0.25, 0.3) is 5.91 Å². The smallest absolute Gasteiger partial charge is 0.254 e. The molecule has 5 nitrogen and oxygen atoms in total. The molecule has 0 saturated carbocycles. The highest BCUT2D eigenvalue weighted by Crippen LogP contribution is 2.40. The monoisotopic (exact) mass is 356 g/mol. The number of hydrogen-bond acceptors (Lipinski definition) is 4. The lowest BCUT2D eigenvalue weighted by Gasteiger charge is -2.27. The van der Waals surface area contributed by atoms with Crippen molar-refractivity contribution in [2.45, 2.75) is 26.4 Å². The van der Waals surface area contributed by atoms with Crippen molar-refractivity contribution in [2.24, 2.45) is 0 Å². The molecule has 0 radical (unpaired) electrons. The Labute approximate surface area is 151 Å². The zero-order valence-corrected chi connectivity index (χ0v) is 14.7. The summed E-state index contributed by atoms with van der Waals surface area (Å²) in [5, 5.41) is 9.25. The molecule has 1 heterocycles. The lowest BCUT2D eigenvalue weighted by atomic mass is 10.1. The van der Waals surface area contributed by atoms with Crippen LogP contribution in [0.25, 0.3) is 0 Å². The third kappa shape index (κ3) is 3.54. The molecule has 0 fully saturated rings. The molecule has 0 aromatic heterocycles. The Morgan fingerprint density at radius 2 is 2.00 bits per heavy atom. The van der Waals surface area contributed by atoms with Gasteiger partial charge in [0.05, 0.1) is 16.7 Å². The number of hydrogen-bond donors (Lipinski definition) is 0. The summed E-state index contributed by atoms with van der Waals surface area (Å²) >= 11 is 6.19. The van der Waals surface area contributed by atoms with Gasteiger partial charge in [-0.2, -0.15) is 5.26 Å². The maximum absolute atomic E-state index is 13.0. The normalized spacial score (nSPS) is 12.1. The van der Waals surface area contributed by atoms with E-state index in [1.165, 1.54) is 0 Å². The Kier molecular flexibility index (Phi) is 4.82. The van der Waals surface area contributed by atoms with E-state index < -0.39 is 0 Å². The largest absolute Gasteiger partial charge is 0.454 e. The number of halogens is 1. The van der Waals surface area contributed by atoms with E-state index in [0.29, 0.717) is 34.2 Å². The van der Waals surface area contributed by atoms with E-state index >= 15 is 0 Å². The Balaban J connectivity index is 1.86. The number of benzene rings is 2. The van der Waals surface area contributed by atoms with Gasteiger partial charge in [0.2, 0.25) is 6.79 Å². The lowest BCUT2D eigenvalue weighted by Crippen LogP contribution is -2.36. The van der Waals surface area contributed by atoms with Crippen LogP contribution in [0.2, 0.25) is 5.02 Å². The SMILES string of the molecule is CC(C)N(Cc1ccc(C#N)cc1)C(=O)c1cc(Cl)c2c(c1)OCO2. The first-order valence-electron chi connectivity index (χ1n) is 7.88. The van der Waals surface area contributed by atoms with E-state index in [9.17, 15) is 4.79 Å². The van der Waals surface area contributed by atoms with Crippen LogP contribution < -0.4 is 9.47 Å². The fourth-order valence-electron chi connectivity index (χ4n) is 2.63. The van der Waals surface area contributed by atoms with Gasteiger partial charge in [-0.3, -0.25) is 4.79 Å². The summed E-state index contributed by atoms with van der Waals surface area (Å²) in [6.45, 7) is 4.45. The van der Waals surface area contributed by atoms with E-state index in [4.69, 9.17) is 26.3 Å². The van der Waals surface area contributed by atoms with Gasteiger partial charge in [-0.25, -0.2) is 0 Å². The van der Waals surface area contributed by atoms with Gasteiger partial charge in [0.15, 0.2) is 11.5 Å². The molecule has 2 aromatic carbocycles. The van der Waals surface area contributed by atoms with Crippen molar-refractivity contribution in [3.8, 4) is 17.6 Å². The van der Waals surface area contributed by atoms with Crippen molar-refractivity contribution in [2.75, 3.05) is 6.79 Å². The maximum atomic E-state index is 13.0. The molecule has 0 saturated heterocycles. The number of rotatable bonds is 4. The van der Waals surface area contributed by atoms with Crippen molar-refractivity contribution in [3.05, 3.63) is 58.1 Å². The van der Waals surface area contributed by atoms with Gasteiger partial charge in [-0.15, -0.1) is 0 Å². The molecule has 0 N–H and O–H groups in total. The van der Waals surface area contributed by atoms with Crippen LogP contribution in [-0.2, 0) is 6.54 Å². The Morgan fingerprint density at radius 1 is 1.28 bits per heavy atom. The van der Waals surface area contributed by atoms with Crippen LogP contribution in [0.4, 0.5) is 0 Å². The van der Waals surface area contributed by atoms with Crippen LogP contribution in [0, 0.1) is 11.3 Å². The van der Waals surface area contributed by atoms with Crippen molar-refractivity contribution in [1.29, 1.82) is 5.26 Å². The predicted octanol–water partition coefficient (Wildman–Crippen LogP) is 3.99. The summed E-state index contributed by atoms with van der Waals surface area (Å²) < 4.78 is 10.6. The van der Waals surface area contributed by atoms with Crippen molar-refractivity contribution < 1.29 is 14.3 Å². The summed E-state index contributed by atoms with van der Waals surface area (Å²) in [5.41, 5.74) is 2.00. The first-order chi connectivity index (χ1) is 12.0. The van der Waals surface area contributed by atoms with Crippen LogP contribution in [0.5, 0.6) is 11.5 Å². The highest BCUT2D eigenvalue weighted by molar-refractivity contribution is 6.32. The Bertz CT molecular complexity index is 841. The van der Waals surface area contributed by atoms with Crippen LogP contribution in [-0.4, -0.2) is 23.6 Å². The van der Waals surface area contributed by atoms with E-state index in [-0.39, 0.29) is 18.7 Å². The second-order valence-electron chi connectivity index (χ2n) is 6.03. The topological polar surface area (TPSA) is 62.6 Å². The maximum Gasteiger partial charge on any atom is 0.254 e. The van der Waals surface area contributed by atoms with Crippen LogP contribution in [0.3, 0.4) is 0 Å². The van der Waals surface area contributed by atoms with Gasteiger partial charge in [-0.05, 0) is 43.7 Å². The van der Waals surface area contributed by atoms with Gasteiger partial charge in [-0.1, -0.05) is 23.7 Å². The minimum absolute atomic E-state index is 0.00709. The fourth-order valence-corrected chi connectivity index (χ4v) is 2.89.